The van der Waals surface area contributed by atoms with Crippen LogP contribution in [-0.2, 0) is 9.59 Å². The van der Waals surface area contributed by atoms with Crippen molar-refractivity contribution in [2.24, 2.45) is 11.8 Å². The maximum atomic E-state index is 12.2. The van der Waals surface area contributed by atoms with Crippen molar-refractivity contribution in [2.45, 2.75) is 41.3 Å². The maximum absolute atomic E-state index is 12.2. The second-order valence-electron chi connectivity index (χ2n) is 5.72. The van der Waals surface area contributed by atoms with E-state index in [2.05, 4.69) is 11.4 Å². The van der Waals surface area contributed by atoms with Crippen LogP contribution in [0, 0.1) is 11.8 Å². The standard InChI is InChI=1S/C14H18ClNO3Te/c15-7-6-9-10-14(13(19)16-10,20-12(9)18)11(17)8-4-2-1-3-5-8/h2,4,8-11,17H,1,3,5-7H2,(H,16,19)/t8-,9?,10-,11-,14-/m0/s1. The Hall–Kier alpha value is -0.0804. The molecule has 0 aromatic carbocycles. The number of nitrogens with one attached hydrogen (secondary N) is 1. The van der Waals surface area contributed by atoms with Crippen LogP contribution in [0.15, 0.2) is 12.2 Å². The number of halogens is 1. The minimum absolute atomic E-state index is 0.0185. The molecule has 0 spiro atoms. The Morgan fingerprint density at radius 3 is 2.95 bits per heavy atom. The number of alkyl halides is 1. The summed E-state index contributed by atoms with van der Waals surface area (Å²) >= 11 is 4.59. The van der Waals surface area contributed by atoms with E-state index in [1.165, 1.54) is 0 Å². The number of hydrogen-bond donors (Lipinski definition) is 2. The third-order valence-electron chi connectivity index (χ3n) is 4.63. The van der Waals surface area contributed by atoms with Crippen molar-refractivity contribution in [3.63, 3.8) is 0 Å². The molecule has 2 fully saturated rings. The van der Waals surface area contributed by atoms with Crippen LogP contribution in [0.3, 0.4) is 0 Å². The van der Waals surface area contributed by atoms with Crippen LogP contribution < -0.4 is 5.32 Å². The Kier molecular flexibility index (Phi) is 4.16. The molecule has 2 aliphatic heterocycles. The summed E-state index contributed by atoms with van der Waals surface area (Å²) in [6.07, 6.45) is 6.98. The van der Waals surface area contributed by atoms with Crippen molar-refractivity contribution in [3.8, 4) is 0 Å². The van der Waals surface area contributed by atoms with E-state index in [9.17, 15) is 14.7 Å². The van der Waals surface area contributed by atoms with E-state index in [-0.39, 0.29) is 27.6 Å². The van der Waals surface area contributed by atoms with E-state index in [4.69, 9.17) is 11.6 Å². The number of amides is 1. The normalized spacial score (nSPS) is 41.0. The van der Waals surface area contributed by atoms with Gasteiger partial charge in [-0.2, -0.15) is 0 Å². The third kappa shape index (κ3) is 2.06. The summed E-state index contributed by atoms with van der Waals surface area (Å²) in [5.41, 5.74) is 0. The van der Waals surface area contributed by atoms with E-state index in [0.717, 1.165) is 19.3 Å². The van der Waals surface area contributed by atoms with Gasteiger partial charge in [-0.25, -0.2) is 0 Å². The predicted molar refractivity (Wildman–Crippen MR) is 76.7 cm³/mol. The molecule has 0 aromatic heterocycles. The molecule has 1 unspecified atom stereocenters. The van der Waals surface area contributed by atoms with Gasteiger partial charge in [0.2, 0.25) is 0 Å². The Bertz CT molecular complexity index is 469. The van der Waals surface area contributed by atoms with Crippen molar-refractivity contribution in [3.05, 3.63) is 12.2 Å². The molecule has 0 bridgehead atoms. The van der Waals surface area contributed by atoms with Gasteiger partial charge in [-0.15, -0.1) is 0 Å². The van der Waals surface area contributed by atoms with Crippen LogP contribution in [0.25, 0.3) is 0 Å². The third-order valence-corrected chi connectivity index (χ3v) is 9.20. The van der Waals surface area contributed by atoms with E-state index >= 15 is 0 Å². The number of fused-ring (bicyclic) bond motifs is 1. The molecule has 0 radical (unpaired) electrons. The number of aliphatic hydroxyl groups is 1. The Labute approximate surface area is 133 Å². The quantitative estimate of drug-likeness (QED) is 0.312. The Morgan fingerprint density at radius 1 is 1.55 bits per heavy atom. The molecule has 0 aromatic rings. The molecule has 1 aliphatic carbocycles. The van der Waals surface area contributed by atoms with Gasteiger partial charge in [0.05, 0.1) is 0 Å². The fourth-order valence-corrected chi connectivity index (χ4v) is 8.13. The zero-order chi connectivity index (χ0) is 14.3. The van der Waals surface area contributed by atoms with Crippen LogP contribution in [0.5, 0.6) is 0 Å². The molecule has 2 saturated heterocycles. The molecule has 3 aliphatic rings. The first kappa shape index (κ1) is 14.8. The van der Waals surface area contributed by atoms with Crippen molar-refractivity contribution < 1.29 is 14.7 Å². The number of carbonyl (C=O) groups excluding carboxylic acids is 2. The molecule has 2 heterocycles. The van der Waals surface area contributed by atoms with Crippen molar-refractivity contribution in [1.82, 2.24) is 5.32 Å². The van der Waals surface area contributed by atoms with E-state index < -0.39 is 30.5 Å². The predicted octanol–water partition coefficient (Wildman–Crippen LogP) is 0.850. The van der Waals surface area contributed by atoms with Crippen LogP contribution in [0.2, 0.25) is 3.46 Å². The van der Waals surface area contributed by atoms with E-state index in [1.54, 1.807) is 0 Å². The minimum atomic E-state index is -1.18. The van der Waals surface area contributed by atoms with Gasteiger partial charge in [0.15, 0.2) is 0 Å². The van der Waals surface area contributed by atoms with Crippen molar-refractivity contribution in [1.29, 1.82) is 0 Å². The van der Waals surface area contributed by atoms with Gasteiger partial charge >= 0.3 is 133 Å². The molecule has 2 N–H and O–H groups in total. The monoisotopic (exact) mass is 413 g/mol. The van der Waals surface area contributed by atoms with Crippen LogP contribution >= 0.6 is 11.6 Å². The second-order valence-corrected chi connectivity index (χ2v) is 9.75. The Balaban J connectivity index is 1.86. The average Bonchev–Trinajstić information content (AvgIpc) is 2.69. The van der Waals surface area contributed by atoms with Gasteiger partial charge in [0.1, 0.15) is 0 Å². The van der Waals surface area contributed by atoms with Crippen molar-refractivity contribution in [2.75, 3.05) is 5.88 Å². The zero-order valence-corrected chi connectivity index (χ0v) is 14.1. The number of β-lactam (4-membered cyclic amide) rings is 1. The second kappa shape index (κ2) is 5.61. The molecule has 5 atom stereocenters. The van der Waals surface area contributed by atoms with E-state index in [0.29, 0.717) is 12.3 Å². The SMILES string of the molecule is O=C1[Te][C@@]2([C@@H](O)[C@H]3C=CCCC3)C(=O)N[C@H]2C1CCCl. The molecular formula is C14H18ClNO3Te. The summed E-state index contributed by atoms with van der Waals surface area (Å²) in [5.74, 6) is 0.159. The fraction of sp³-hybridized carbons (Fsp3) is 0.714. The fourth-order valence-electron chi connectivity index (χ4n) is 3.51. The van der Waals surface area contributed by atoms with Gasteiger partial charge in [0.25, 0.3) is 0 Å². The molecule has 0 saturated carbocycles. The summed E-state index contributed by atoms with van der Waals surface area (Å²) in [6.45, 7) is 0. The van der Waals surface area contributed by atoms with Crippen LogP contribution in [0.4, 0.5) is 0 Å². The van der Waals surface area contributed by atoms with Gasteiger partial charge in [-0.05, 0) is 0 Å². The molecular weight excluding hydrogens is 393 g/mol. The summed E-state index contributed by atoms with van der Waals surface area (Å²) < 4.78 is -0.580. The summed E-state index contributed by atoms with van der Waals surface area (Å²) in [6, 6.07) is -0.172. The first-order valence-electron chi connectivity index (χ1n) is 7.05. The van der Waals surface area contributed by atoms with Gasteiger partial charge in [0, 0.05) is 0 Å². The molecule has 1 amide bonds. The Morgan fingerprint density at radius 2 is 2.35 bits per heavy atom. The van der Waals surface area contributed by atoms with Gasteiger partial charge < -0.3 is 0 Å². The summed E-state index contributed by atoms with van der Waals surface area (Å²) in [4.78, 5) is 24.4. The van der Waals surface area contributed by atoms with E-state index in [1.807, 2.05) is 6.08 Å². The first-order chi connectivity index (χ1) is 9.61. The first-order valence-corrected chi connectivity index (χ1v) is 9.92. The number of hydrogen-bond acceptors (Lipinski definition) is 3. The summed E-state index contributed by atoms with van der Waals surface area (Å²) in [7, 11) is 0. The van der Waals surface area contributed by atoms with Crippen molar-refractivity contribution >= 4 is 42.3 Å². The average molecular weight is 411 g/mol. The molecule has 110 valence electrons. The number of allylic oxidation sites excluding steroid dienone is 1. The summed E-state index contributed by atoms with van der Waals surface area (Å²) in [5, 5.41) is 13.6. The van der Waals surface area contributed by atoms with Crippen LogP contribution in [-0.4, -0.2) is 53.8 Å². The number of rotatable bonds is 4. The number of carbonyl (C=O) groups is 2. The van der Waals surface area contributed by atoms with Gasteiger partial charge in [-0.1, -0.05) is 0 Å². The molecule has 3 rings (SSSR count). The number of aliphatic hydroxyl groups excluding tert-OH is 1. The van der Waals surface area contributed by atoms with Crippen LogP contribution in [0.1, 0.15) is 25.7 Å². The molecule has 4 nitrogen and oxygen atoms in total. The molecule has 20 heavy (non-hydrogen) atoms. The molecule has 6 heteroatoms. The zero-order valence-electron chi connectivity index (χ0n) is 11.0. The van der Waals surface area contributed by atoms with Gasteiger partial charge in [-0.3, -0.25) is 0 Å². The topological polar surface area (TPSA) is 66.4 Å².